The molecule has 0 saturated carbocycles. The summed E-state index contributed by atoms with van der Waals surface area (Å²) < 4.78 is 17.9. The van der Waals surface area contributed by atoms with Crippen LogP contribution in [0.5, 0.6) is 0 Å². The molecule has 0 aromatic carbocycles. The molecule has 10 heteroatoms. The van der Waals surface area contributed by atoms with Crippen LogP contribution in [-0.2, 0) is 9.53 Å². The molecule has 0 radical (unpaired) electrons. The van der Waals surface area contributed by atoms with E-state index >= 15 is 0 Å². The van der Waals surface area contributed by atoms with Crippen LogP contribution in [-0.4, -0.2) is 90.8 Å². The van der Waals surface area contributed by atoms with Crippen LogP contribution in [0.15, 0.2) is 0 Å². The number of aliphatic carboxylic acids is 1. The number of aliphatic hydroxyl groups is 6. The zero-order chi connectivity index (χ0) is 15.0. The van der Waals surface area contributed by atoms with Gasteiger partial charge in [-0.2, -0.15) is 0 Å². The molecule has 7 atom stereocenters. The lowest BCUT2D eigenvalue weighted by Gasteiger charge is -2.44. The Morgan fingerprint density at radius 1 is 1.32 bits per heavy atom. The lowest BCUT2D eigenvalue weighted by molar-refractivity contribution is -0.337. The molecule has 1 unspecified atom stereocenters. The number of hydrogen-bond acceptors (Lipinski definition) is 8. The zero-order valence-electron chi connectivity index (χ0n) is 9.50. The minimum atomic E-state index is -3.49. The summed E-state index contributed by atoms with van der Waals surface area (Å²) in [6.45, 7) is -0.964. The molecular weight excluding hydrogens is 271 g/mol. The molecule has 0 aliphatic carbocycles. The van der Waals surface area contributed by atoms with Crippen LogP contribution in [0.3, 0.4) is 0 Å². The normalized spacial score (nSPS) is 42.7. The molecule has 0 aromatic rings. The number of carboxylic acids is 1. The quantitative estimate of drug-likeness (QED) is 0.272. The van der Waals surface area contributed by atoms with Crippen molar-refractivity contribution in [3.63, 3.8) is 0 Å². The molecule has 0 amide bonds. The summed E-state index contributed by atoms with van der Waals surface area (Å²) in [7, 11) is 0. The van der Waals surface area contributed by atoms with Crippen LogP contribution >= 0.6 is 0 Å². The molecule has 1 aliphatic heterocycles. The second-order valence-corrected chi connectivity index (χ2v) is 4.21. The number of ether oxygens (including phenoxy) is 1. The fourth-order valence-electron chi connectivity index (χ4n) is 1.71. The van der Waals surface area contributed by atoms with E-state index in [0.29, 0.717) is 0 Å². The number of hydrogen-bond donors (Lipinski definition) is 7. The molecule has 112 valence electrons. The van der Waals surface area contributed by atoms with Crippen molar-refractivity contribution in [3.8, 4) is 0 Å². The van der Waals surface area contributed by atoms with E-state index in [1.807, 2.05) is 0 Å². The number of carboxylic acid groups (broad SMARTS) is 1. The molecule has 1 heterocycles. The molecule has 19 heavy (non-hydrogen) atoms. The minimum Gasteiger partial charge on any atom is -0.477 e. The van der Waals surface area contributed by atoms with E-state index in [1.165, 1.54) is 0 Å². The fraction of sp³-hybridized carbons (Fsp3) is 0.889. The second-order valence-electron chi connectivity index (χ2n) is 4.21. The van der Waals surface area contributed by atoms with Gasteiger partial charge in [-0.3, -0.25) is 0 Å². The summed E-state index contributed by atoms with van der Waals surface area (Å²) in [5.74, 6) is -5.67. The van der Waals surface area contributed by atoms with Crippen molar-refractivity contribution in [1.82, 2.24) is 0 Å². The number of aliphatic hydroxyl groups excluding tert-OH is 5. The first-order chi connectivity index (χ1) is 8.66. The molecule has 1 saturated heterocycles. The van der Waals surface area contributed by atoms with Crippen LogP contribution in [0.4, 0.5) is 4.39 Å². The maximum atomic E-state index is 13.5. The summed E-state index contributed by atoms with van der Waals surface area (Å²) in [4.78, 5) is 10.7. The highest BCUT2D eigenvalue weighted by molar-refractivity contribution is 5.76. The first-order valence-electron chi connectivity index (χ1n) is 5.27. The van der Waals surface area contributed by atoms with E-state index in [2.05, 4.69) is 4.74 Å². The number of carbonyl (C=O) groups is 1. The van der Waals surface area contributed by atoms with Crippen LogP contribution in [0.2, 0.25) is 0 Å². The Labute approximate surface area is 106 Å². The van der Waals surface area contributed by atoms with E-state index in [0.717, 1.165) is 0 Å². The maximum Gasteiger partial charge on any atom is 0.367 e. The van der Waals surface area contributed by atoms with Gasteiger partial charge in [-0.15, -0.1) is 0 Å². The van der Waals surface area contributed by atoms with Gasteiger partial charge in [0, 0.05) is 0 Å². The SMILES string of the molecule is O=C(O)[C@]1(O)O[C@@H](C(O)[C@H](O)CO)[C@H](O)[C@H](O)[C@H]1F. The van der Waals surface area contributed by atoms with E-state index < -0.39 is 55.1 Å². The lowest BCUT2D eigenvalue weighted by Crippen LogP contribution is -2.69. The molecule has 7 N–H and O–H groups in total. The van der Waals surface area contributed by atoms with E-state index in [1.54, 1.807) is 0 Å². The monoisotopic (exact) mass is 286 g/mol. The van der Waals surface area contributed by atoms with Crippen molar-refractivity contribution in [1.29, 1.82) is 0 Å². The predicted octanol–water partition coefficient (Wildman–Crippen LogP) is -4.07. The van der Waals surface area contributed by atoms with Crippen molar-refractivity contribution in [2.45, 2.75) is 42.5 Å². The molecule has 1 aliphatic rings. The van der Waals surface area contributed by atoms with Crippen molar-refractivity contribution in [2.75, 3.05) is 6.61 Å². The summed E-state index contributed by atoms with van der Waals surface area (Å²) in [6.07, 6.45) is -13.2. The Bertz CT molecular complexity index is 336. The second kappa shape index (κ2) is 5.63. The van der Waals surface area contributed by atoms with Gasteiger partial charge in [0.1, 0.15) is 30.5 Å². The minimum absolute atomic E-state index is 0.964. The first-order valence-corrected chi connectivity index (χ1v) is 5.27. The van der Waals surface area contributed by atoms with Gasteiger partial charge in [-0.1, -0.05) is 0 Å². The van der Waals surface area contributed by atoms with Crippen LogP contribution in [0.1, 0.15) is 0 Å². The Morgan fingerprint density at radius 2 is 1.84 bits per heavy atom. The molecule has 1 rings (SSSR count). The van der Waals surface area contributed by atoms with Crippen molar-refractivity contribution >= 4 is 5.97 Å². The smallest absolute Gasteiger partial charge is 0.367 e. The molecule has 0 bridgehead atoms. The van der Waals surface area contributed by atoms with Crippen molar-refractivity contribution in [3.05, 3.63) is 0 Å². The Hall–Kier alpha value is -0.880. The van der Waals surface area contributed by atoms with Crippen LogP contribution in [0.25, 0.3) is 0 Å². The summed E-state index contributed by atoms with van der Waals surface area (Å²) in [5.41, 5.74) is 0. The summed E-state index contributed by atoms with van der Waals surface area (Å²) in [6, 6.07) is 0. The van der Waals surface area contributed by atoms with Crippen LogP contribution < -0.4 is 0 Å². The first kappa shape index (κ1) is 16.2. The molecule has 0 spiro atoms. The topological polar surface area (TPSA) is 168 Å². The third kappa shape index (κ3) is 2.69. The van der Waals surface area contributed by atoms with Gasteiger partial charge < -0.3 is 40.5 Å². The van der Waals surface area contributed by atoms with Gasteiger partial charge in [0.25, 0.3) is 0 Å². The Kier molecular flexibility index (Phi) is 4.79. The zero-order valence-corrected chi connectivity index (χ0v) is 9.50. The van der Waals surface area contributed by atoms with Crippen LogP contribution in [0, 0.1) is 0 Å². The number of halogens is 1. The van der Waals surface area contributed by atoms with E-state index in [9.17, 15) is 29.6 Å². The Balaban J connectivity index is 3.04. The average Bonchev–Trinajstić information content (AvgIpc) is 2.38. The largest absolute Gasteiger partial charge is 0.477 e. The van der Waals surface area contributed by atoms with Gasteiger partial charge in [0.2, 0.25) is 0 Å². The molecule has 0 aromatic heterocycles. The van der Waals surface area contributed by atoms with Gasteiger partial charge in [-0.05, 0) is 0 Å². The number of rotatable bonds is 4. The van der Waals surface area contributed by atoms with E-state index in [4.69, 9.17) is 15.3 Å². The van der Waals surface area contributed by atoms with Gasteiger partial charge >= 0.3 is 11.8 Å². The molecule has 9 nitrogen and oxygen atoms in total. The highest BCUT2D eigenvalue weighted by atomic mass is 19.1. The van der Waals surface area contributed by atoms with Gasteiger partial charge in [0.15, 0.2) is 6.17 Å². The standard InChI is InChI=1S/C9H15FO9/c10-7-5(15)4(14)6(3(13)2(12)1-11)19-9(7,18)8(16)17/h2-7,11-15,18H,1H2,(H,16,17)/t2-,3?,4-,5+,6+,7-,9-/m1/s1. The maximum absolute atomic E-state index is 13.5. The van der Waals surface area contributed by atoms with E-state index in [-0.39, 0.29) is 0 Å². The van der Waals surface area contributed by atoms with Crippen molar-refractivity contribution < 1.29 is 49.7 Å². The predicted molar refractivity (Wildman–Crippen MR) is 53.5 cm³/mol. The van der Waals surface area contributed by atoms with Crippen molar-refractivity contribution in [2.24, 2.45) is 0 Å². The highest BCUT2D eigenvalue weighted by Gasteiger charge is 2.60. The fourth-order valence-corrected chi connectivity index (χ4v) is 1.71. The number of alkyl halides is 1. The third-order valence-electron chi connectivity index (χ3n) is 2.90. The average molecular weight is 286 g/mol. The highest BCUT2D eigenvalue weighted by Crippen LogP contribution is 2.32. The van der Waals surface area contributed by atoms with Gasteiger partial charge in [0.05, 0.1) is 6.61 Å². The summed E-state index contributed by atoms with van der Waals surface area (Å²) in [5, 5.41) is 64.2. The van der Waals surface area contributed by atoms with Gasteiger partial charge in [-0.25, -0.2) is 9.18 Å². The Morgan fingerprint density at radius 3 is 2.26 bits per heavy atom. The lowest BCUT2D eigenvalue weighted by atomic mass is 9.89. The summed E-state index contributed by atoms with van der Waals surface area (Å²) >= 11 is 0. The third-order valence-corrected chi connectivity index (χ3v) is 2.90. The molecular formula is C9H15FO9. The molecule has 1 fully saturated rings.